The van der Waals surface area contributed by atoms with Gasteiger partial charge in [0.1, 0.15) is 30.6 Å². The molecule has 2 N–H and O–H groups in total. The Morgan fingerprint density at radius 2 is 1.96 bits per heavy atom. The zero-order chi connectivity index (χ0) is 17.9. The van der Waals surface area contributed by atoms with Gasteiger partial charge >= 0.3 is 6.09 Å². The Kier molecular flexibility index (Phi) is 5.58. The summed E-state index contributed by atoms with van der Waals surface area (Å²) in [4.78, 5) is 24.9. The van der Waals surface area contributed by atoms with E-state index in [4.69, 9.17) is 9.47 Å². The highest BCUT2D eigenvalue weighted by molar-refractivity contribution is 5.80. The number of benzene rings is 1. The third-order valence-corrected chi connectivity index (χ3v) is 4.00. The number of Topliss-reactive ketones (excluding diaryl/α,β-unsaturated/α-hetero) is 1. The van der Waals surface area contributed by atoms with Crippen molar-refractivity contribution in [2.45, 2.75) is 51.4 Å². The van der Waals surface area contributed by atoms with Crippen LogP contribution in [0.2, 0.25) is 0 Å². The molecule has 2 rings (SSSR count). The molecule has 1 aromatic rings. The Bertz CT molecular complexity index is 588. The third-order valence-electron chi connectivity index (χ3n) is 4.00. The van der Waals surface area contributed by atoms with Gasteiger partial charge in [-0.05, 0) is 26.3 Å². The van der Waals surface area contributed by atoms with Crippen LogP contribution in [0.3, 0.4) is 0 Å². The molecule has 132 valence electrons. The maximum absolute atomic E-state index is 12.3. The fourth-order valence-electron chi connectivity index (χ4n) is 2.58. The van der Waals surface area contributed by atoms with Crippen LogP contribution in [0.1, 0.15) is 26.3 Å². The third kappa shape index (κ3) is 4.11. The zero-order valence-electron chi connectivity index (χ0n) is 14.0. The smallest absolute Gasteiger partial charge is 0.412 e. The summed E-state index contributed by atoms with van der Waals surface area (Å²) in [5.41, 5.74) is -0.164. The zero-order valence-corrected chi connectivity index (χ0v) is 14.0. The summed E-state index contributed by atoms with van der Waals surface area (Å²) >= 11 is 0. The Hall–Kier alpha value is -1.96. The molecule has 1 saturated heterocycles. The summed E-state index contributed by atoms with van der Waals surface area (Å²) in [5.74, 6) is -0.561. The molecular formula is C17H23NO6. The first-order valence-electron chi connectivity index (χ1n) is 7.75. The predicted octanol–water partition coefficient (Wildman–Crippen LogP) is 1.07. The van der Waals surface area contributed by atoms with Crippen LogP contribution in [-0.4, -0.2) is 57.6 Å². The number of carbonyl (C=O) groups excluding carboxylic acids is 2. The molecule has 0 bridgehead atoms. The van der Waals surface area contributed by atoms with Crippen molar-refractivity contribution in [3.8, 4) is 0 Å². The molecule has 24 heavy (non-hydrogen) atoms. The van der Waals surface area contributed by atoms with Crippen LogP contribution in [0.15, 0.2) is 30.3 Å². The van der Waals surface area contributed by atoms with Crippen molar-refractivity contribution >= 4 is 11.9 Å². The molecule has 0 aliphatic carbocycles. The second kappa shape index (κ2) is 7.29. The van der Waals surface area contributed by atoms with Crippen molar-refractivity contribution < 1.29 is 29.3 Å². The van der Waals surface area contributed by atoms with E-state index in [-0.39, 0.29) is 13.2 Å². The van der Waals surface area contributed by atoms with Crippen LogP contribution in [0, 0.1) is 0 Å². The van der Waals surface area contributed by atoms with Gasteiger partial charge in [0, 0.05) is 0 Å². The van der Waals surface area contributed by atoms with Gasteiger partial charge in [-0.3, -0.25) is 9.69 Å². The Morgan fingerprint density at radius 1 is 1.33 bits per heavy atom. The molecular weight excluding hydrogens is 314 g/mol. The van der Waals surface area contributed by atoms with Gasteiger partial charge in [0.25, 0.3) is 0 Å². The molecule has 0 radical (unpaired) electrons. The minimum atomic E-state index is -1.55. The quantitative estimate of drug-likeness (QED) is 0.834. The lowest BCUT2D eigenvalue weighted by atomic mass is 10.1. The van der Waals surface area contributed by atoms with Gasteiger partial charge in [0.15, 0.2) is 5.78 Å². The molecule has 1 aliphatic rings. The first-order valence-corrected chi connectivity index (χ1v) is 7.75. The van der Waals surface area contributed by atoms with Gasteiger partial charge in [-0.15, -0.1) is 0 Å². The van der Waals surface area contributed by atoms with Crippen LogP contribution >= 0.6 is 0 Å². The molecule has 1 heterocycles. The first kappa shape index (κ1) is 18.4. The molecule has 1 amide bonds. The number of rotatable bonds is 5. The Balaban J connectivity index is 1.99. The summed E-state index contributed by atoms with van der Waals surface area (Å²) < 4.78 is 10.9. The normalized spacial score (nSPS) is 22.0. The van der Waals surface area contributed by atoms with E-state index < -0.39 is 35.9 Å². The van der Waals surface area contributed by atoms with E-state index >= 15 is 0 Å². The second-order valence-electron chi connectivity index (χ2n) is 6.30. The monoisotopic (exact) mass is 337 g/mol. The fourth-order valence-corrected chi connectivity index (χ4v) is 2.58. The van der Waals surface area contributed by atoms with Gasteiger partial charge < -0.3 is 19.7 Å². The number of nitrogens with zero attached hydrogens (tertiary/aromatic N) is 1. The Labute approximate surface area is 140 Å². The molecule has 3 atom stereocenters. The lowest BCUT2D eigenvalue weighted by molar-refractivity contribution is -0.145. The molecule has 0 unspecified atom stereocenters. The number of carbonyl (C=O) groups is 2. The van der Waals surface area contributed by atoms with Crippen LogP contribution in [0.4, 0.5) is 4.79 Å². The van der Waals surface area contributed by atoms with E-state index in [1.165, 1.54) is 11.8 Å². The van der Waals surface area contributed by atoms with Gasteiger partial charge in [0.05, 0.1) is 6.54 Å². The molecule has 1 aromatic carbocycles. The summed E-state index contributed by atoms with van der Waals surface area (Å²) in [6, 6.07) is 9.25. The minimum Gasteiger partial charge on any atom is -0.444 e. The second-order valence-corrected chi connectivity index (χ2v) is 6.30. The van der Waals surface area contributed by atoms with Crippen LogP contribution in [0.25, 0.3) is 0 Å². The van der Waals surface area contributed by atoms with Crippen LogP contribution in [0.5, 0.6) is 0 Å². The van der Waals surface area contributed by atoms with Crippen LogP contribution in [-0.2, 0) is 20.9 Å². The molecule has 0 saturated carbocycles. The average molecular weight is 337 g/mol. The summed E-state index contributed by atoms with van der Waals surface area (Å²) in [6.45, 7) is 4.63. The summed E-state index contributed by atoms with van der Waals surface area (Å²) in [5, 5.41) is 19.7. The maximum atomic E-state index is 12.3. The van der Waals surface area contributed by atoms with E-state index in [1.807, 2.05) is 30.3 Å². The van der Waals surface area contributed by atoms with Gasteiger partial charge in [0.2, 0.25) is 0 Å². The van der Waals surface area contributed by atoms with Gasteiger partial charge in [-0.1, -0.05) is 30.3 Å². The molecule has 7 heteroatoms. The maximum Gasteiger partial charge on any atom is 0.412 e. The number of amides is 1. The predicted molar refractivity (Wildman–Crippen MR) is 85.0 cm³/mol. The highest BCUT2D eigenvalue weighted by Gasteiger charge is 2.47. The largest absolute Gasteiger partial charge is 0.444 e. The number of aliphatic hydroxyl groups excluding tert-OH is 2. The van der Waals surface area contributed by atoms with E-state index in [9.17, 15) is 19.8 Å². The number of hydrogen-bond donors (Lipinski definition) is 2. The minimum absolute atomic E-state index is 0.0200. The molecule has 0 spiro atoms. The van der Waals surface area contributed by atoms with Crippen molar-refractivity contribution in [1.82, 2.24) is 4.90 Å². The topological polar surface area (TPSA) is 96.3 Å². The number of hydrogen-bond acceptors (Lipinski definition) is 6. The van der Waals surface area contributed by atoms with Crippen molar-refractivity contribution in [3.63, 3.8) is 0 Å². The highest BCUT2D eigenvalue weighted by atomic mass is 16.6. The summed E-state index contributed by atoms with van der Waals surface area (Å²) in [7, 11) is 0. The van der Waals surface area contributed by atoms with Gasteiger partial charge in [-0.2, -0.15) is 0 Å². The SMILES string of the molecule is CC(=O)[C@@H](O)[C@@H](O)[C@@H]1CN(C(=O)OCc2ccccc2)C(C)(C)O1. The van der Waals surface area contributed by atoms with E-state index in [1.54, 1.807) is 13.8 Å². The van der Waals surface area contributed by atoms with Crippen molar-refractivity contribution in [1.29, 1.82) is 0 Å². The summed E-state index contributed by atoms with van der Waals surface area (Å²) in [6.07, 6.45) is -4.42. The lowest BCUT2D eigenvalue weighted by Crippen LogP contribution is -2.44. The highest BCUT2D eigenvalue weighted by Crippen LogP contribution is 2.30. The fraction of sp³-hybridized carbons (Fsp3) is 0.529. The van der Waals surface area contributed by atoms with Crippen LogP contribution < -0.4 is 0 Å². The first-order chi connectivity index (χ1) is 11.2. The molecule has 0 aromatic heterocycles. The molecule has 1 fully saturated rings. The number of ketones is 1. The van der Waals surface area contributed by atoms with Crippen molar-refractivity contribution in [2.75, 3.05) is 6.54 Å². The van der Waals surface area contributed by atoms with E-state index in [2.05, 4.69) is 0 Å². The molecule has 7 nitrogen and oxygen atoms in total. The van der Waals surface area contributed by atoms with Gasteiger partial charge in [-0.25, -0.2) is 4.79 Å². The number of ether oxygens (including phenoxy) is 2. The lowest BCUT2D eigenvalue weighted by Gasteiger charge is -2.29. The Morgan fingerprint density at radius 3 is 2.54 bits per heavy atom. The van der Waals surface area contributed by atoms with E-state index in [0.717, 1.165) is 5.56 Å². The number of aliphatic hydroxyl groups is 2. The van der Waals surface area contributed by atoms with Crippen molar-refractivity contribution in [3.05, 3.63) is 35.9 Å². The van der Waals surface area contributed by atoms with Crippen molar-refractivity contribution in [2.24, 2.45) is 0 Å². The molecule has 1 aliphatic heterocycles. The average Bonchev–Trinajstić information content (AvgIpc) is 2.87. The van der Waals surface area contributed by atoms with E-state index in [0.29, 0.717) is 0 Å². The standard InChI is InChI=1S/C17H23NO6/c1-11(19)14(20)15(21)13-9-18(17(2,3)24-13)16(22)23-10-12-7-5-4-6-8-12/h4-8,13-15,20-21H,9-10H2,1-3H3/t13-,14+,15-/m0/s1.